The van der Waals surface area contributed by atoms with Crippen molar-refractivity contribution in [3.63, 3.8) is 0 Å². The van der Waals surface area contributed by atoms with Crippen LogP contribution in [0.5, 0.6) is 0 Å². The van der Waals surface area contributed by atoms with Gasteiger partial charge in [-0.3, -0.25) is 9.59 Å². The molecular weight excluding hydrogens is 434 g/mol. The van der Waals surface area contributed by atoms with Gasteiger partial charge in [0.2, 0.25) is 0 Å². The van der Waals surface area contributed by atoms with Crippen LogP contribution in [0.2, 0.25) is 5.02 Å². The number of hydrogen-bond acceptors (Lipinski definition) is 3. The van der Waals surface area contributed by atoms with Crippen LogP contribution < -0.4 is 10.2 Å². The Hall–Kier alpha value is -3.51. The number of benzene rings is 3. The maximum Gasteiger partial charge on any atom is 0.282 e. The van der Waals surface area contributed by atoms with Crippen LogP contribution in [0.3, 0.4) is 0 Å². The number of halogens is 3. The van der Waals surface area contributed by atoms with Gasteiger partial charge >= 0.3 is 0 Å². The summed E-state index contributed by atoms with van der Waals surface area (Å²) in [7, 11) is 0. The van der Waals surface area contributed by atoms with Crippen molar-refractivity contribution in [2.45, 2.75) is 20.8 Å². The van der Waals surface area contributed by atoms with Crippen molar-refractivity contribution in [3.8, 4) is 0 Å². The molecule has 0 aliphatic carbocycles. The highest BCUT2D eigenvalue weighted by molar-refractivity contribution is 6.46. The molecule has 4 rings (SSSR count). The largest absolute Gasteiger partial charge is 0.350 e. The summed E-state index contributed by atoms with van der Waals surface area (Å²) in [5.74, 6) is -3.18. The zero-order valence-corrected chi connectivity index (χ0v) is 18.3. The van der Waals surface area contributed by atoms with Crippen LogP contribution in [0.1, 0.15) is 22.3 Å². The first-order chi connectivity index (χ1) is 15.2. The van der Waals surface area contributed by atoms with Gasteiger partial charge in [0.15, 0.2) is 0 Å². The monoisotopic (exact) mass is 452 g/mol. The van der Waals surface area contributed by atoms with Crippen LogP contribution >= 0.6 is 11.6 Å². The van der Waals surface area contributed by atoms with Crippen molar-refractivity contribution in [1.29, 1.82) is 0 Å². The number of anilines is 2. The summed E-state index contributed by atoms with van der Waals surface area (Å²) in [6.45, 7) is 5.65. The summed E-state index contributed by atoms with van der Waals surface area (Å²) in [6.07, 6.45) is 0. The number of nitrogens with one attached hydrogen (secondary N) is 1. The molecule has 1 N–H and O–H groups in total. The van der Waals surface area contributed by atoms with Crippen LogP contribution in [0.25, 0.3) is 5.57 Å². The predicted octanol–water partition coefficient (Wildman–Crippen LogP) is 5.94. The summed E-state index contributed by atoms with van der Waals surface area (Å²) < 4.78 is 28.3. The summed E-state index contributed by atoms with van der Waals surface area (Å²) in [4.78, 5) is 27.4. The fourth-order valence-corrected chi connectivity index (χ4v) is 3.68. The van der Waals surface area contributed by atoms with Gasteiger partial charge in [-0.1, -0.05) is 35.9 Å². The topological polar surface area (TPSA) is 49.4 Å². The molecule has 2 amide bonds. The van der Waals surface area contributed by atoms with E-state index in [4.69, 9.17) is 11.6 Å². The van der Waals surface area contributed by atoms with E-state index < -0.39 is 29.1 Å². The zero-order valence-electron chi connectivity index (χ0n) is 17.6. The number of rotatable bonds is 4. The van der Waals surface area contributed by atoms with Crippen LogP contribution in [0.15, 0.2) is 60.3 Å². The highest BCUT2D eigenvalue weighted by Gasteiger charge is 2.41. The van der Waals surface area contributed by atoms with E-state index in [0.29, 0.717) is 21.2 Å². The van der Waals surface area contributed by atoms with Gasteiger partial charge in [0, 0.05) is 16.8 Å². The van der Waals surface area contributed by atoms with E-state index in [0.717, 1.165) is 34.9 Å². The molecule has 7 heteroatoms. The molecule has 3 aromatic carbocycles. The molecule has 3 aromatic rings. The minimum absolute atomic E-state index is 0.0400. The maximum absolute atomic E-state index is 14.5. The van der Waals surface area contributed by atoms with Crippen molar-refractivity contribution in [1.82, 2.24) is 0 Å². The molecule has 0 fully saturated rings. The Morgan fingerprint density at radius 2 is 1.53 bits per heavy atom. The molecule has 0 saturated heterocycles. The standard InChI is InChI=1S/C25H19ClF2N2O2/c1-13-4-6-16(10-15(13)3)22-23(29-18-8-5-14(2)19(26)12-18)25(32)30(24(22)31)21-11-17(27)7-9-20(21)28/h4-12,29H,1-3H3. The van der Waals surface area contributed by atoms with E-state index >= 15 is 0 Å². The number of aryl methyl sites for hydroxylation is 3. The van der Waals surface area contributed by atoms with Gasteiger partial charge in [-0.2, -0.15) is 0 Å². The summed E-state index contributed by atoms with van der Waals surface area (Å²) in [5, 5.41) is 3.45. The highest BCUT2D eigenvalue weighted by Crippen LogP contribution is 2.36. The first-order valence-corrected chi connectivity index (χ1v) is 10.2. The van der Waals surface area contributed by atoms with Gasteiger partial charge in [-0.05, 0) is 67.3 Å². The second-order valence-corrected chi connectivity index (χ2v) is 8.09. The zero-order chi connectivity index (χ0) is 23.2. The average Bonchev–Trinajstić information content (AvgIpc) is 2.98. The second-order valence-electron chi connectivity index (χ2n) is 7.68. The maximum atomic E-state index is 14.5. The summed E-state index contributed by atoms with van der Waals surface area (Å²) in [5.41, 5.74) is 3.34. The molecule has 1 heterocycles. The summed E-state index contributed by atoms with van der Waals surface area (Å²) in [6, 6.07) is 13.1. The van der Waals surface area contributed by atoms with Crippen LogP contribution in [-0.4, -0.2) is 11.8 Å². The Morgan fingerprint density at radius 1 is 0.812 bits per heavy atom. The van der Waals surface area contributed by atoms with E-state index in [1.54, 1.807) is 30.3 Å². The number of imide groups is 1. The van der Waals surface area contributed by atoms with Gasteiger partial charge in [0.1, 0.15) is 17.3 Å². The molecule has 4 nitrogen and oxygen atoms in total. The van der Waals surface area contributed by atoms with Gasteiger partial charge in [0.05, 0.1) is 11.3 Å². The van der Waals surface area contributed by atoms with E-state index in [-0.39, 0.29) is 11.3 Å². The number of amides is 2. The Morgan fingerprint density at radius 3 is 2.22 bits per heavy atom. The van der Waals surface area contributed by atoms with Crippen molar-refractivity contribution in [3.05, 3.63) is 99.2 Å². The lowest BCUT2D eigenvalue weighted by molar-refractivity contribution is -0.120. The Bertz CT molecular complexity index is 1320. The van der Waals surface area contributed by atoms with Gasteiger partial charge in [-0.25, -0.2) is 13.7 Å². The van der Waals surface area contributed by atoms with Crippen molar-refractivity contribution >= 4 is 40.4 Å². The molecule has 1 aliphatic heterocycles. The number of carbonyl (C=O) groups excluding carboxylic acids is 2. The molecule has 0 aromatic heterocycles. The normalized spacial score (nSPS) is 13.9. The minimum atomic E-state index is -0.882. The third-order valence-corrected chi connectivity index (χ3v) is 5.88. The van der Waals surface area contributed by atoms with Gasteiger partial charge < -0.3 is 5.32 Å². The molecule has 0 saturated carbocycles. The van der Waals surface area contributed by atoms with E-state index in [2.05, 4.69) is 5.32 Å². The molecule has 0 radical (unpaired) electrons. The number of carbonyl (C=O) groups is 2. The van der Waals surface area contributed by atoms with Crippen molar-refractivity contribution in [2.24, 2.45) is 0 Å². The predicted molar refractivity (Wildman–Crippen MR) is 121 cm³/mol. The van der Waals surface area contributed by atoms with Crippen molar-refractivity contribution in [2.75, 3.05) is 10.2 Å². The fourth-order valence-electron chi connectivity index (χ4n) is 3.50. The Kier molecular flexibility index (Phi) is 5.57. The molecule has 32 heavy (non-hydrogen) atoms. The number of hydrogen-bond donors (Lipinski definition) is 1. The van der Waals surface area contributed by atoms with Gasteiger partial charge in [-0.15, -0.1) is 0 Å². The van der Waals surface area contributed by atoms with Crippen LogP contribution in [0, 0.1) is 32.4 Å². The molecule has 0 atom stereocenters. The third kappa shape index (κ3) is 3.78. The third-order valence-electron chi connectivity index (χ3n) is 5.47. The summed E-state index contributed by atoms with van der Waals surface area (Å²) >= 11 is 6.21. The molecule has 0 spiro atoms. The van der Waals surface area contributed by atoms with E-state index in [1.165, 1.54) is 0 Å². The van der Waals surface area contributed by atoms with E-state index in [9.17, 15) is 18.4 Å². The number of nitrogens with zero attached hydrogens (tertiary/aromatic N) is 1. The lowest BCUT2D eigenvalue weighted by Gasteiger charge is -2.16. The smallest absolute Gasteiger partial charge is 0.282 e. The quantitative estimate of drug-likeness (QED) is 0.498. The lowest BCUT2D eigenvalue weighted by Crippen LogP contribution is -2.33. The average molecular weight is 453 g/mol. The second kappa shape index (κ2) is 8.20. The Labute approximate surface area is 189 Å². The molecule has 0 unspecified atom stereocenters. The molecule has 162 valence electrons. The van der Waals surface area contributed by atoms with Crippen LogP contribution in [0.4, 0.5) is 20.2 Å². The molecule has 1 aliphatic rings. The van der Waals surface area contributed by atoms with E-state index in [1.807, 2.05) is 26.8 Å². The fraction of sp³-hybridized carbons (Fsp3) is 0.120. The Balaban J connectivity index is 1.88. The minimum Gasteiger partial charge on any atom is -0.350 e. The first-order valence-electron chi connectivity index (χ1n) is 9.86. The molecular formula is C25H19ClF2N2O2. The highest BCUT2D eigenvalue weighted by atomic mass is 35.5. The lowest BCUT2D eigenvalue weighted by atomic mass is 9.99. The van der Waals surface area contributed by atoms with Crippen LogP contribution in [-0.2, 0) is 9.59 Å². The first kappa shape index (κ1) is 21.7. The molecule has 0 bridgehead atoms. The van der Waals surface area contributed by atoms with Gasteiger partial charge in [0.25, 0.3) is 11.8 Å². The van der Waals surface area contributed by atoms with Crippen molar-refractivity contribution < 1.29 is 18.4 Å². The SMILES string of the molecule is Cc1ccc(C2=C(Nc3ccc(C)c(Cl)c3)C(=O)N(c3cc(F)ccc3F)C2=O)cc1C.